The Bertz CT molecular complexity index is 605. The van der Waals surface area contributed by atoms with Crippen LogP contribution < -0.4 is 0 Å². The Morgan fingerprint density at radius 1 is 1.26 bits per heavy atom. The summed E-state index contributed by atoms with van der Waals surface area (Å²) in [6.45, 7) is 3.35. The van der Waals surface area contributed by atoms with E-state index in [9.17, 15) is 9.59 Å². The standard InChI is InChI=1S/C16H21NO5S/c1-10(14(21-4)8-15(19)22-5)13(20-3)7-6-12-9-23-16(17-12)11(2)18/h6-10,13H,1-5H3/b7-6+,14-8-. The summed E-state index contributed by atoms with van der Waals surface area (Å²) in [4.78, 5) is 26.8. The number of carbonyl (C=O) groups excluding carboxylic acids is 2. The average molecular weight is 339 g/mol. The van der Waals surface area contributed by atoms with Crippen LogP contribution in [0.15, 0.2) is 23.3 Å². The van der Waals surface area contributed by atoms with E-state index in [1.165, 1.54) is 38.6 Å². The highest BCUT2D eigenvalue weighted by Gasteiger charge is 2.20. The molecule has 0 aliphatic rings. The number of methoxy groups -OCH3 is 3. The molecule has 1 rings (SSSR count). The summed E-state index contributed by atoms with van der Waals surface area (Å²) in [7, 11) is 4.36. The van der Waals surface area contributed by atoms with Crippen molar-refractivity contribution in [2.24, 2.45) is 5.92 Å². The predicted molar refractivity (Wildman–Crippen MR) is 88.2 cm³/mol. The molecule has 126 valence electrons. The molecule has 1 aromatic heterocycles. The number of Topliss-reactive ketones (excluding diaryl/α,β-unsaturated/α-hetero) is 1. The van der Waals surface area contributed by atoms with Crippen LogP contribution in [0, 0.1) is 5.92 Å². The maximum absolute atomic E-state index is 11.4. The van der Waals surface area contributed by atoms with Crippen LogP contribution in [0.3, 0.4) is 0 Å². The molecule has 2 atom stereocenters. The first-order valence-corrected chi connectivity index (χ1v) is 7.81. The number of hydrogen-bond donors (Lipinski definition) is 0. The van der Waals surface area contributed by atoms with Crippen molar-refractivity contribution in [2.45, 2.75) is 20.0 Å². The molecule has 0 aromatic carbocycles. The molecule has 0 aliphatic heterocycles. The van der Waals surface area contributed by atoms with E-state index in [4.69, 9.17) is 9.47 Å². The molecule has 1 aromatic rings. The van der Waals surface area contributed by atoms with Crippen molar-refractivity contribution < 1.29 is 23.8 Å². The van der Waals surface area contributed by atoms with E-state index < -0.39 is 5.97 Å². The Morgan fingerprint density at radius 3 is 2.43 bits per heavy atom. The number of ether oxygens (including phenoxy) is 3. The summed E-state index contributed by atoms with van der Waals surface area (Å²) in [6.07, 6.45) is 4.56. The lowest BCUT2D eigenvalue weighted by Gasteiger charge is -2.21. The van der Waals surface area contributed by atoms with E-state index in [0.717, 1.165) is 0 Å². The van der Waals surface area contributed by atoms with Crippen LogP contribution in [0.4, 0.5) is 0 Å². The highest BCUT2D eigenvalue weighted by Crippen LogP contribution is 2.20. The van der Waals surface area contributed by atoms with Gasteiger partial charge in [-0.3, -0.25) is 4.79 Å². The quantitative estimate of drug-likeness (QED) is 0.314. The van der Waals surface area contributed by atoms with Gasteiger partial charge in [-0.2, -0.15) is 0 Å². The van der Waals surface area contributed by atoms with E-state index in [-0.39, 0.29) is 17.8 Å². The van der Waals surface area contributed by atoms with Crippen molar-refractivity contribution in [1.82, 2.24) is 4.98 Å². The van der Waals surface area contributed by atoms with Gasteiger partial charge in [0.05, 0.1) is 32.1 Å². The summed E-state index contributed by atoms with van der Waals surface area (Å²) in [6, 6.07) is 0. The number of aromatic nitrogens is 1. The molecule has 23 heavy (non-hydrogen) atoms. The molecular formula is C16H21NO5S. The molecule has 0 spiro atoms. The van der Waals surface area contributed by atoms with E-state index >= 15 is 0 Å². The first kappa shape index (κ1) is 19.1. The Hall–Kier alpha value is -1.99. The zero-order chi connectivity index (χ0) is 17.4. The van der Waals surface area contributed by atoms with Crippen molar-refractivity contribution in [2.75, 3.05) is 21.3 Å². The monoisotopic (exact) mass is 339 g/mol. The van der Waals surface area contributed by atoms with Crippen LogP contribution in [-0.4, -0.2) is 44.2 Å². The van der Waals surface area contributed by atoms with E-state index in [2.05, 4.69) is 9.72 Å². The van der Waals surface area contributed by atoms with Crippen LogP contribution in [0.2, 0.25) is 0 Å². The van der Waals surface area contributed by atoms with Crippen molar-refractivity contribution >= 4 is 29.2 Å². The van der Waals surface area contributed by atoms with E-state index in [1.54, 1.807) is 18.6 Å². The molecule has 1 heterocycles. The molecule has 0 saturated heterocycles. The summed E-state index contributed by atoms with van der Waals surface area (Å²) in [5.74, 6) is -0.297. The van der Waals surface area contributed by atoms with Gasteiger partial charge in [0.15, 0.2) is 10.8 Å². The zero-order valence-electron chi connectivity index (χ0n) is 13.9. The van der Waals surface area contributed by atoms with E-state index in [1.807, 2.05) is 13.0 Å². The highest BCUT2D eigenvalue weighted by molar-refractivity contribution is 7.11. The van der Waals surface area contributed by atoms with Crippen LogP contribution in [-0.2, 0) is 19.0 Å². The normalized spacial score (nSPS) is 14.6. The molecule has 0 saturated carbocycles. The summed E-state index contributed by atoms with van der Waals surface area (Å²) in [5, 5.41) is 2.27. The zero-order valence-corrected chi connectivity index (χ0v) is 14.7. The number of esters is 1. The van der Waals surface area contributed by atoms with Crippen LogP contribution in [0.1, 0.15) is 29.3 Å². The predicted octanol–water partition coefficient (Wildman–Crippen LogP) is 2.71. The van der Waals surface area contributed by atoms with Crippen LogP contribution in [0.25, 0.3) is 6.08 Å². The fourth-order valence-corrected chi connectivity index (χ4v) is 2.57. The van der Waals surface area contributed by atoms with Crippen molar-refractivity contribution in [3.63, 3.8) is 0 Å². The van der Waals surface area contributed by atoms with Gasteiger partial charge in [-0.05, 0) is 6.08 Å². The molecule has 6 nitrogen and oxygen atoms in total. The van der Waals surface area contributed by atoms with Crippen molar-refractivity contribution in [1.29, 1.82) is 0 Å². The number of carbonyl (C=O) groups is 2. The van der Waals surface area contributed by atoms with Gasteiger partial charge < -0.3 is 14.2 Å². The Kier molecular flexibility index (Phi) is 7.64. The topological polar surface area (TPSA) is 74.7 Å². The second-order valence-electron chi connectivity index (χ2n) is 4.76. The van der Waals surface area contributed by atoms with Gasteiger partial charge in [-0.15, -0.1) is 11.3 Å². The number of rotatable bonds is 8. The highest BCUT2D eigenvalue weighted by atomic mass is 32.1. The molecule has 2 unspecified atom stereocenters. The van der Waals surface area contributed by atoms with Gasteiger partial charge in [0.2, 0.25) is 0 Å². The summed E-state index contributed by atoms with van der Waals surface area (Å²) in [5.41, 5.74) is 0.686. The second-order valence-corrected chi connectivity index (χ2v) is 5.61. The summed E-state index contributed by atoms with van der Waals surface area (Å²) >= 11 is 1.30. The largest absolute Gasteiger partial charge is 0.500 e. The Labute approximate surface area is 139 Å². The fraction of sp³-hybridized carbons (Fsp3) is 0.438. The van der Waals surface area contributed by atoms with Crippen LogP contribution >= 0.6 is 11.3 Å². The maximum atomic E-state index is 11.4. The molecule has 0 radical (unpaired) electrons. The van der Waals surface area contributed by atoms with Crippen molar-refractivity contribution in [3.8, 4) is 0 Å². The molecule has 0 fully saturated rings. The molecule has 0 bridgehead atoms. The van der Waals surface area contributed by atoms with Gasteiger partial charge in [0.1, 0.15) is 5.76 Å². The SMILES string of the molecule is COC(=O)/C=C(\OC)C(C)C(/C=C/c1csc(C(C)=O)n1)OC. The smallest absolute Gasteiger partial charge is 0.333 e. The molecule has 7 heteroatoms. The lowest BCUT2D eigenvalue weighted by atomic mass is 10.0. The third-order valence-electron chi connectivity index (χ3n) is 3.19. The second kappa shape index (κ2) is 9.22. The first-order chi connectivity index (χ1) is 10.9. The minimum Gasteiger partial charge on any atom is -0.500 e. The number of ketones is 1. The van der Waals surface area contributed by atoms with Crippen LogP contribution in [0.5, 0.6) is 0 Å². The molecular weight excluding hydrogens is 318 g/mol. The van der Waals surface area contributed by atoms with Gasteiger partial charge in [-0.1, -0.05) is 13.0 Å². The first-order valence-electron chi connectivity index (χ1n) is 6.93. The minimum absolute atomic E-state index is 0.0611. The maximum Gasteiger partial charge on any atom is 0.333 e. The van der Waals surface area contributed by atoms with Crippen molar-refractivity contribution in [3.05, 3.63) is 34.0 Å². The lowest BCUT2D eigenvalue weighted by molar-refractivity contribution is -0.135. The third kappa shape index (κ3) is 5.61. The lowest BCUT2D eigenvalue weighted by Crippen LogP contribution is -2.21. The fourth-order valence-electron chi connectivity index (χ4n) is 1.88. The van der Waals surface area contributed by atoms with Gasteiger partial charge >= 0.3 is 5.97 Å². The van der Waals surface area contributed by atoms with E-state index in [0.29, 0.717) is 16.5 Å². The Morgan fingerprint density at radius 2 is 1.96 bits per heavy atom. The molecule has 0 N–H and O–H groups in total. The van der Waals surface area contributed by atoms with Gasteiger partial charge in [0, 0.05) is 25.3 Å². The third-order valence-corrected chi connectivity index (χ3v) is 4.15. The van der Waals surface area contributed by atoms with Gasteiger partial charge in [0.25, 0.3) is 0 Å². The summed E-state index contributed by atoms with van der Waals surface area (Å²) < 4.78 is 15.3. The number of thiazole rings is 1. The molecule has 0 aliphatic carbocycles. The average Bonchev–Trinajstić information content (AvgIpc) is 3.01. The minimum atomic E-state index is -0.488. The molecule has 0 amide bonds. The number of nitrogens with zero attached hydrogens (tertiary/aromatic N) is 1. The van der Waals surface area contributed by atoms with Gasteiger partial charge in [-0.25, -0.2) is 9.78 Å². The number of hydrogen-bond acceptors (Lipinski definition) is 7. The Balaban J connectivity index is 2.89.